The van der Waals surface area contributed by atoms with Crippen LogP contribution in [0.2, 0.25) is 0 Å². The van der Waals surface area contributed by atoms with Gasteiger partial charge in [-0.3, -0.25) is 0 Å². The monoisotopic (exact) mass is 205 g/mol. The molecule has 4 N–H and O–H groups in total. The van der Waals surface area contributed by atoms with Crippen molar-refractivity contribution in [2.75, 3.05) is 6.61 Å². The van der Waals surface area contributed by atoms with Crippen LogP contribution in [0.25, 0.3) is 10.4 Å². The van der Waals surface area contributed by atoms with Gasteiger partial charge in [0.05, 0.1) is 18.8 Å². The van der Waals surface area contributed by atoms with Crippen molar-refractivity contribution in [2.45, 2.75) is 30.6 Å². The second-order valence-electron chi connectivity index (χ2n) is 2.92. The quantitative estimate of drug-likeness (QED) is 0.237. The molecule has 0 aromatic rings. The summed E-state index contributed by atoms with van der Waals surface area (Å²) in [5.74, 6) is 0. The summed E-state index contributed by atoms with van der Waals surface area (Å²) in [4.78, 5) is 2.42. The third-order valence-corrected chi connectivity index (χ3v) is 2.05. The first kappa shape index (κ1) is 11.2. The lowest BCUT2D eigenvalue weighted by Gasteiger charge is -2.37. The third kappa shape index (κ3) is 1.95. The van der Waals surface area contributed by atoms with Crippen LogP contribution in [-0.4, -0.2) is 57.7 Å². The average molecular weight is 205 g/mol. The van der Waals surface area contributed by atoms with Crippen molar-refractivity contribution in [3.8, 4) is 0 Å². The Bertz CT molecular complexity index is 244. The van der Waals surface area contributed by atoms with Crippen LogP contribution < -0.4 is 0 Å². The van der Waals surface area contributed by atoms with Crippen LogP contribution in [0, 0.1) is 0 Å². The number of nitrogens with zero attached hydrogens (tertiary/aromatic N) is 3. The van der Waals surface area contributed by atoms with Crippen LogP contribution in [0.4, 0.5) is 0 Å². The highest BCUT2D eigenvalue weighted by Gasteiger charge is 2.43. The number of hydrogen-bond donors (Lipinski definition) is 4. The second kappa shape index (κ2) is 4.56. The Kier molecular flexibility index (Phi) is 3.64. The van der Waals surface area contributed by atoms with Gasteiger partial charge < -0.3 is 25.2 Å². The third-order valence-electron chi connectivity index (χ3n) is 2.05. The van der Waals surface area contributed by atoms with Crippen LogP contribution in [0.1, 0.15) is 0 Å². The molecule has 14 heavy (non-hydrogen) atoms. The Labute approximate surface area is 79.0 Å². The second-order valence-corrected chi connectivity index (χ2v) is 2.92. The summed E-state index contributed by atoms with van der Waals surface area (Å²) < 4.78 is 4.66. The molecule has 0 radical (unpaired) electrons. The van der Waals surface area contributed by atoms with E-state index in [2.05, 4.69) is 14.8 Å². The van der Waals surface area contributed by atoms with Gasteiger partial charge in [0.15, 0.2) is 6.29 Å². The molecule has 2 unspecified atom stereocenters. The van der Waals surface area contributed by atoms with Crippen molar-refractivity contribution in [3.05, 3.63) is 10.4 Å². The highest BCUT2D eigenvalue weighted by atomic mass is 16.6. The van der Waals surface area contributed by atoms with Crippen LogP contribution in [0.15, 0.2) is 5.11 Å². The lowest BCUT2D eigenvalue weighted by atomic mass is 9.97. The van der Waals surface area contributed by atoms with Gasteiger partial charge in [-0.15, -0.1) is 0 Å². The van der Waals surface area contributed by atoms with Gasteiger partial charge in [0.1, 0.15) is 12.2 Å². The minimum absolute atomic E-state index is 0.539. The standard InChI is InChI=1S/C6H11N3O5/c7-9-8-3-4(11)2(1-10)14-6(13)5(3)12/h2-6,10-13H,1H2/t2?,3?,4-,5-,6+/m0/s1. The van der Waals surface area contributed by atoms with Crippen molar-refractivity contribution in [3.63, 3.8) is 0 Å². The summed E-state index contributed by atoms with van der Waals surface area (Å²) >= 11 is 0. The van der Waals surface area contributed by atoms with E-state index in [1.54, 1.807) is 0 Å². The van der Waals surface area contributed by atoms with Gasteiger partial charge in [0.2, 0.25) is 0 Å². The van der Waals surface area contributed by atoms with E-state index in [0.717, 1.165) is 0 Å². The van der Waals surface area contributed by atoms with Gasteiger partial charge in [-0.1, -0.05) is 5.11 Å². The van der Waals surface area contributed by atoms with Crippen molar-refractivity contribution < 1.29 is 25.2 Å². The molecule has 1 rings (SSSR count). The van der Waals surface area contributed by atoms with Crippen molar-refractivity contribution in [1.82, 2.24) is 0 Å². The van der Waals surface area contributed by atoms with Crippen molar-refractivity contribution in [1.29, 1.82) is 0 Å². The van der Waals surface area contributed by atoms with E-state index in [1.165, 1.54) is 0 Å². The number of rotatable bonds is 2. The molecule has 1 aliphatic heterocycles. The molecule has 0 spiro atoms. The van der Waals surface area contributed by atoms with E-state index in [9.17, 15) is 10.2 Å². The lowest BCUT2D eigenvalue weighted by Crippen LogP contribution is -2.57. The first-order valence-corrected chi connectivity index (χ1v) is 3.96. The Hall–Kier alpha value is -0.890. The number of aliphatic hydroxyl groups excluding tert-OH is 4. The van der Waals surface area contributed by atoms with Gasteiger partial charge in [-0.2, -0.15) is 0 Å². The molecule has 5 atom stereocenters. The highest BCUT2D eigenvalue weighted by Crippen LogP contribution is 2.22. The molecule has 1 saturated heterocycles. The predicted molar refractivity (Wildman–Crippen MR) is 42.9 cm³/mol. The smallest absolute Gasteiger partial charge is 0.181 e. The largest absolute Gasteiger partial charge is 0.394 e. The van der Waals surface area contributed by atoms with E-state index in [-0.39, 0.29) is 0 Å². The number of ether oxygens (including phenoxy) is 1. The highest BCUT2D eigenvalue weighted by molar-refractivity contribution is 4.93. The zero-order chi connectivity index (χ0) is 10.7. The van der Waals surface area contributed by atoms with E-state index in [4.69, 9.17) is 15.7 Å². The maximum atomic E-state index is 9.43. The van der Waals surface area contributed by atoms with Crippen molar-refractivity contribution >= 4 is 0 Å². The summed E-state index contributed by atoms with van der Waals surface area (Å²) in [7, 11) is 0. The van der Waals surface area contributed by atoms with Crippen LogP contribution in [0.5, 0.6) is 0 Å². The molecule has 1 heterocycles. The van der Waals surface area contributed by atoms with E-state index < -0.39 is 37.3 Å². The number of aliphatic hydroxyl groups is 4. The molecule has 80 valence electrons. The van der Waals surface area contributed by atoms with E-state index >= 15 is 0 Å². The summed E-state index contributed by atoms with van der Waals surface area (Å²) in [5.41, 5.74) is 8.15. The molecule has 1 aliphatic rings. The lowest BCUT2D eigenvalue weighted by molar-refractivity contribution is -0.258. The molecule has 8 heteroatoms. The van der Waals surface area contributed by atoms with Crippen LogP contribution in [0.3, 0.4) is 0 Å². The summed E-state index contributed by atoms with van der Waals surface area (Å²) in [6, 6.07) is -1.22. The predicted octanol–water partition coefficient (Wildman–Crippen LogP) is -1.90. The van der Waals surface area contributed by atoms with Crippen molar-refractivity contribution in [2.24, 2.45) is 5.11 Å². The molecule has 0 amide bonds. The topological polar surface area (TPSA) is 139 Å². The van der Waals surface area contributed by atoms with E-state index in [0.29, 0.717) is 0 Å². The molecule has 8 nitrogen and oxygen atoms in total. The maximum absolute atomic E-state index is 9.43. The Balaban J connectivity index is 2.82. The summed E-state index contributed by atoms with van der Waals surface area (Å²) in [6.07, 6.45) is -5.48. The zero-order valence-electron chi connectivity index (χ0n) is 7.13. The van der Waals surface area contributed by atoms with Gasteiger partial charge in [-0.05, 0) is 5.53 Å². The fourth-order valence-corrected chi connectivity index (χ4v) is 1.28. The fourth-order valence-electron chi connectivity index (χ4n) is 1.28. The fraction of sp³-hybridized carbons (Fsp3) is 1.00. The molecule has 0 saturated carbocycles. The molecule has 0 bridgehead atoms. The minimum Gasteiger partial charge on any atom is -0.394 e. The summed E-state index contributed by atoms with van der Waals surface area (Å²) in [6.45, 7) is -0.539. The van der Waals surface area contributed by atoms with Gasteiger partial charge >= 0.3 is 0 Å². The Morgan fingerprint density at radius 2 is 1.93 bits per heavy atom. The zero-order valence-corrected chi connectivity index (χ0v) is 7.13. The van der Waals surface area contributed by atoms with Gasteiger partial charge in [0, 0.05) is 4.91 Å². The van der Waals surface area contributed by atoms with Gasteiger partial charge in [0.25, 0.3) is 0 Å². The minimum atomic E-state index is -1.58. The molecule has 0 aromatic heterocycles. The molecular formula is C6H11N3O5. The SMILES string of the molecule is [N-]=[N+]=NC1[C@@H](O)C(CO)O[C@@H](O)[C@H]1O. The number of azide groups is 1. The normalized spacial score (nSPS) is 43.0. The average Bonchev–Trinajstić information content (AvgIpc) is 2.18. The van der Waals surface area contributed by atoms with E-state index in [1.807, 2.05) is 0 Å². The molecule has 1 fully saturated rings. The first-order chi connectivity index (χ1) is 6.61. The summed E-state index contributed by atoms with van der Waals surface area (Å²) in [5, 5.41) is 39.7. The first-order valence-electron chi connectivity index (χ1n) is 3.96. The molecular weight excluding hydrogens is 194 g/mol. The van der Waals surface area contributed by atoms with Crippen LogP contribution >= 0.6 is 0 Å². The molecule has 0 aliphatic carbocycles. The van der Waals surface area contributed by atoms with Gasteiger partial charge in [-0.25, -0.2) is 0 Å². The van der Waals surface area contributed by atoms with Crippen LogP contribution in [-0.2, 0) is 4.74 Å². The molecule has 0 aromatic carbocycles. The number of hydrogen-bond acceptors (Lipinski definition) is 6. The Morgan fingerprint density at radius 1 is 1.29 bits per heavy atom. The maximum Gasteiger partial charge on any atom is 0.181 e. The Morgan fingerprint density at radius 3 is 2.43 bits per heavy atom.